The molecule has 0 saturated carbocycles. The molecule has 0 aliphatic carbocycles. The van der Waals surface area contributed by atoms with E-state index in [9.17, 15) is 0 Å². The van der Waals surface area contributed by atoms with Crippen LogP contribution in [0.15, 0.2) is 30.3 Å². The first kappa shape index (κ1) is 11.9. The maximum absolute atomic E-state index is 5.22. The monoisotopic (exact) mass is 140 g/mol. The molecule has 0 saturated heterocycles. The van der Waals surface area contributed by atoms with Gasteiger partial charge in [-0.2, -0.15) is 0 Å². The molecule has 0 amide bonds. The summed E-state index contributed by atoms with van der Waals surface area (Å²) in [5.74, 6) is 0. The summed E-state index contributed by atoms with van der Waals surface area (Å²) in [7, 11) is 1.58. The van der Waals surface area contributed by atoms with Crippen LogP contribution in [0.1, 0.15) is 0 Å². The Hall–Kier alpha value is -0.835. The smallest absolute Gasteiger partial charge is 0.241 e. The molecule has 0 aliphatic rings. The average molecular weight is 140 g/mol. The minimum absolute atomic E-state index is 0. The highest BCUT2D eigenvalue weighted by Gasteiger charge is 1.83. The lowest BCUT2D eigenvalue weighted by Gasteiger charge is -1.87. The first-order valence-corrected chi connectivity index (χ1v) is 2.53. The molecular formula is C6H11BNO2. The molecule has 1 aromatic carbocycles. The largest absolute Gasteiger partial charge is 0.412 e. The third-order valence-corrected chi connectivity index (χ3v) is 0.992. The lowest BCUT2D eigenvalue weighted by Crippen LogP contribution is -2.21. The van der Waals surface area contributed by atoms with Gasteiger partial charge in [0, 0.05) is 0 Å². The molecule has 0 bridgehead atoms. The molecule has 1 radical (unpaired) electrons. The normalized spacial score (nSPS) is 6.90. The van der Waals surface area contributed by atoms with Gasteiger partial charge in [0.15, 0.2) is 0 Å². The van der Waals surface area contributed by atoms with Gasteiger partial charge in [0.2, 0.25) is 7.41 Å². The van der Waals surface area contributed by atoms with Crippen molar-refractivity contribution in [3.63, 3.8) is 0 Å². The Bertz CT molecular complexity index is 157. The van der Waals surface area contributed by atoms with E-state index in [4.69, 9.17) is 5.64 Å². The van der Waals surface area contributed by atoms with Crippen molar-refractivity contribution in [2.75, 3.05) is 0 Å². The van der Waals surface area contributed by atoms with Crippen molar-refractivity contribution < 1.29 is 11.0 Å². The molecule has 1 rings (SSSR count). The Labute approximate surface area is 60.7 Å². The minimum atomic E-state index is 0. The van der Waals surface area contributed by atoms with E-state index in [1.807, 2.05) is 30.3 Å². The Morgan fingerprint density at radius 3 is 1.80 bits per heavy atom. The van der Waals surface area contributed by atoms with Crippen molar-refractivity contribution in [3.8, 4) is 0 Å². The maximum Gasteiger partial charge on any atom is 0.241 e. The molecule has 4 heteroatoms. The third kappa shape index (κ3) is 3.24. The molecular weight excluding hydrogens is 129 g/mol. The first-order valence-electron chi connectivity index (χ1n) is 2.53. The molecule has 0 unspecified atom stereocenters. The number of benzene rings is 1. The van der Waals surface area contributed by atoms with Crippen molar-refractivity contribution in [1.82, 2.24) is 0 Å². The quantitative estimate of drug-likeness (QED) is 0.460. The number of hydrogen-bond donors (Lipinski definition) is 1. The number of hydrogen-bond acceptors (Lipinski definition) is 1. The Morgan fingerprint density at radius 1 is 1.00 bits per heavy atom. The summed E-state index contributed by atoms with van der Waals surface area (Å²) in [6.45, 7) is 0. The molecule has 0 heterocycles. The zero-order chi connectivity index (χ0) is 5.82. The SMILES string of the molecule is N[B]c1ccccc1.O.O. The summed E-state index contributed by atoms with van der Waals surface area (Å²) >= 11 is 0. The van der Waals surface area contributed by atoms with Crippen LogP contribution in [0.3, 0.4) is 0 Å². The second kappa shape index (κ2) is 6.29. The third-order valence-electron chi connectivity index (χ3n) is 0.992. The van der Waals surface area contributed by atoms with E-state index in [0.717, 1.165) is 5.46 Å². The summed E-state index contributed by atoms with van der Waals surface area (Å²) in [4.78, 5) is 0. The molecule has 10 heavy (non-hydrogen) atoms. The Kier molecular flexibility index (Phi) is 7.48. The van der Waals surface area contributed by atoms with Crippen LogP contribution in [0.4, 0.5) is 0 Å². The van der Waals surface area contributed by atoms with Crippen molar-refractivity contribution in [2.45, 2.75) is 0 Å². The Balaban J connectivity index is 0. The van der Waals surface area contributed by atoms with Gasteiger partial charge in [-0.1, -0.05) is 35.8 Å². The summed E-state index contributed by atoms with van der Waals surface area (Å²) in [5.41, 5.74) is 6.29. The fraction of sp³-hybridized carbons (Fsp3) is 0. The molecule has 0 aliphatic heterocycles. The molecule has 3 nitrogen and oxygen atoms in total. The van der Waals surface area contributed by atoms with Crippen LogP contribution in [-0.4, -0.2) is 18.4 Å². The van der Waals surface area contributed by atoms with E-state index in [1.165, 1.54) is 0 Å². The second-order valence-corrected chi connectivity index (χ2v) is 1.58. The number of rotatable bonds is 1. The lowest BCUT2D eigenvalue weighted by atomic mass is 9.85. The van der Waals surface area contributed by atoms with Crippen LogP contribution in [0.2, 0.25) is 0 Å². The fourth-order valence-electron chi connectivity index (χ4n) is 0.564. The predicted molar refractivity (Wildman–Crippen MR) is 43.2 cm³/mol. The van der Waals surface area contributed by atoms with Crippen LogP contribution in [0.25, 0.3) is 0 Å². The van der Waals surface area contributed by atoms with Gasteiger partial charge in [-0.3, -0.25) is 0 Å². The molecule has 0 aromatic heterocycles. The zero-order valence-electron chi connectivity index (χ0n) is 5.54. The van der Waals surface area contributed by atoms with E-state index < -0.39 is 0 Å². The van der Waals surface area contributed by atoms with Gasteiger partial charge in [0.25, 0.3) is 0 Å². The molecule has 0 spiro atoms. The molecule has 0 atom stereocenters. The minimum Gasteiger partial charge on any atom is -0.412 e. The van der Waals surface area contributed by atoms with E-state index >= 15 is 0 Å². The Morgan fingerprint density at radius 2 is 1.50 bits per heavy atom. The highest BCUT2D eigenvalue weighted by Crippen LogP contribution is 1.77. The van der Waals surface area contributed by atoms with E-state index in [0.29, 0.717) is 0 Å². The van der Waals surface area contributed by atoms with E-state index in [1.54, 1.807) is 7.41 Å². The van der Waals surface area contributed by atoms with Crippen LogP contribution in [0, 0.1) is 0 Å². The highest BCUT2D eigenvalue weighted by atomic mass is 16.0. The highest BCUT2D eigenvalue weighted by molar-refractivity contribution is 6.49. The van der Waals surface area contributed by atoms with Crippen molar-refractivity contribution in [1.29, 1.82) is 0 Å². The molecule has 6 N–H and O–H groups in total. The van der Waals surface area contributed by atoms with Gasteiger partial charge >= 0.3 is 0 Å². The lowest BCUT2D eigenvalue weighted by molar-refractivity contribution is 0.823. The maximum atomic E-state index is 5.22. The topological polar surface area (TPSA) is 89.0 Å². The van der Waals surface area contributed by atoms with Gasteiger partial charge in [0.05, 0.1) is 0 Å². The predicted octanol–water partition coefficient (Wildman–Crippen LogP) is -1.76. The van der Waals surface area contributed by atoms with Crippen molar-refractivity contribution >= 4 is 12.9 Å². The van der Waals surface area contributed by atoms with Gasteiger partial charge < -0.3 is 16.6 Å². The van der Waals surface area contributed by atoms with Crippen molar-refractivity contribution in [3.05, 3.63) is 30.3 Å². The van der Waals surface area contributed by atoms with Crippen LogP contribution < -0.4 is 11.1 Å². The summed E-state index contributed by atoms with van der Waals surface area (Å²) in [5, 5.41) is 0. The fourth-order valence-corrected chi connectivity index (χ4v) is 0.564. The summed E-state index contributed by atoms with van der Waals surface area (Å²) in [6.07, 6.45) is 0. The first-order chi connectivity index (χ1) is 3.93. The molecule has 55 valence electrons. The zero-order valence-corrected chi connectivity index (χ0v) is 5.54. The van der Waals surface area contributed by atoms with Gasteiger partial charge in [-0.15, -0.1) is 0 Å². The molecule has 1 aromatic rings. The standard InChI is InChI=1S/C6H7BN.2H2O/c8-7-6-4-2-1-3-5-6;;/h1-5H,8H2;2*1H2. The van der Waals surface area contributed by atoms with Crippen LogP contribution in [0.5, 0.6) is 0 Å². The summed E-state index contributed by atoms with van der Waals surface area (Å²) < 4.78 is 0. The van der Waals surface area contributed by atoms with Crippen molar-refractivity contribution in [2.24, 2.45) is 5.64 Å². The average Bonchev–Trinajstić information content (AvgIpc) is 1.90. The van der Waals surface area contributed by atoms with Crippen LogP contribution >= 0.6 is 0 Å². The van der Waals surface area contributed by atoms with E-state index in [-0.39, 0.29) is 11.0 Å². The van der Waals surface area contributed by atoms with Gasteiger partial charge in [0.1, 0.15) is 0 Å². The van der Waals surface area contributed by atoms with E-state index in [2.05, 4.69) is 0 Å². The second-order valence-electron chi connectivity index (χ2n) is 1.58. The summed E-state index contributed by atoms with van der Waals surface area (Å²) in [6, 6.07) is 9.80. The van der Waals surface area contributed by atoms with Gasteiger partial charge in [-0.05, 0) is 0 Å². The number of nitrogens with two attached hydrogens (primary N) is 1. The van der Waals surface area contributed by atoms with Gasteiger partial charge in [-0.25, -0.2) is 0 Å². The van der Waals surface area contributed by atoms with Crippen LogP contribution in [-0.2, 0) is 0 Å². The molecule has 0 fully saturated rings.